The van der Waals surface area contributed by atoms with Crippen molar-refractivity contribution in [2.75, 3.05) is 20.3 Å². The van der Waals surface area contributed by atoms with Crippen LogP contribution in [0.5, 0.6) is 17.2 Å². The first-order valence-electron chi connectivity index (χ1n) is 8.27. The van der Waals surface area contributed by atoms with Crippen LogP contribution < -0.4 is 10.1 Å². The van der Waals surface area contributed by atoms with Crippen LogP contribution in [0.15, 0.2) is 48.5 Å². The third-order valence-electron chi connectivity index (χ3n) is 3.73. The summed E-state index contributed by atoms with van der Waals surface area (Å²) in [6, 6.07) is 11.5. The zero-order valence-corrected chi connectivity index (χ0v) is 14.8. The van der Waals surface area contributed by atoms with Gasteiger partial charge in [0.05, 0.1) is 13.2 Å². The average Bonchev–Trinajstić information content (AvgIpc) is 2.65. The van der Waals surface area contributed by atoms with Gasteiger partial charge in [-0.05, 0) is 48.4 Å². The summed E-state index contributed by atoms with van der Waals surface area (Å²) >= 11 is 0. The molecule has 0 fully saturated rings. The maximum absolute atomic E-state index is 12.1. The molecule has 6 heteroatoms. The summed E-state index contributed by atoms with van der Waals surface area (Å²) in [5, 5.41) is 21.7. The van der Waals surface area contributed by atoms with Gasteiger partial charge in [-0.3, -0.25) is 4.79 Å². The molecule has 0 spiro atoms. The second kappa shape index (κ2) is 9.48. The number of aromatic hydroxyl groups is 2. The molecule has 0 saturated carbocycles. The smallest absolute Gasteiger partial charge is 0.244 e. The molecule has 2 rings (SSSR count). The lowest BCUT2D eigenvalue weighted by Gasteiger charge is -2.17. The molecule has 0 aliphatic rings. The van der Waals surface area contributed by atoms with Crippen LogP contribution in [0.3, 0.4) is 0 Å². The highest BCUT2D eigenvalue weighted by Crippen LogP contribution is 2.26. The number of rotatable bonds is 8. The molecule has 0 radical (unpaired) electrons. The number of methoxy groups -OCH3 is 1. The van der Waals surface area contributed by atoms with Crippen molar-refractivity contribution in [2.24, 2.45) is 0 Å². The molecule has 1 unspecified atom stereocenters. The molecule has 3 N–H and O–H groups in total. The summed E-state index contributed by atoms with van der Waals surface area (Å²) in [7, 11) is 1.46. The van der Waals surface area contributed by atoms with E-state index in [9.17, 15) is 15.0 Å². The summed E-state index contributed by atoms with van der Waals surface area (Å²) in [4.78, 5) is 12.1. The summed E-state index contributed by atoms with van der Waals surface area (Å²) in [5.74, 6) is 0.305. The van der Waals surface area contributed by atoms with Crippen LogP contribution in [0.2, 0.25) is 0 Å². The van der Waals surface area contributed by atoms with Gasteiger partial charge in [0.15, 0.2) is 11.5 Å². The van der Waals surface area contributed by atoms with E-state index in [1.54, 1.807) is 42.5 Å². The van der Waals surface area contributed by atoms with Crippen molar-refractivity contribution in [1.82, 2.24) is 5.32 Å². The minimum atomic E-state index is -0.299. The van der Waals surface area contributed by atoms with Crippen LogP contribution in [0.1, 0.15) is 24.2 Å². The lowest BCUT2D eigenvalue weighted by Crippen LogP contribution is -2.28. The van der Waals surface area contributed by atoms with Gasteiger partial charge in [-0.25, -0.2) is 0 Å². The maximum atomic E-state index is 12.1. The van der Waals surface area contributed by atoms with Gasteiger partial charge in [0.1, 0.15) is 5.75 Å². The predicted octanol–water partition coefficient (Wildman–Crippen LogP) is 3.01. The number of carbonyl (C=O) groups is 1. The van der Waals surface area contributed by atoms with E-state index in [1.807, 2.05) is 6.92 Å². The molecular weight excluding hydrogens is 334 g/mol. The Labute approximate surface area is 152 Å². The molecule has 2 aromatic carbocycles. The van der Waals surface area contributed by atoms with Gasteiger partial charge in [0, 0.05) is 19.2 Å². The first-order chi connectivity index (χ1) is 12.5. The van der Waals surface area contributed by atoms with Gasteiger partial charge in [-0.1, -0.05) is 18.2 Å². The fraction of sp³-hybridized carbons (Fsp3) is 0.250. The minimum Gasteiger partial charge on any atom is -0.508 e. The fourth-order valence-electron chi connectivity index (χ4n) is 2.39. The van der Waals surface area contributed by atoms with Gasteiger partial charge in [0.25, 0.3) is 0 Å². The predicted molar refractivity (Wildman–Crippen MR) is 99.2 cm³/mol. The minimum absolute atomic E-state index is 0.0440. The Kier molecular flexibility index (Phi) is 7.05. The van der Waals surface area contributed by atoms with Crippen LogP contribution in [0.25, 0.3) is 6.08 Å². The van der Waals surface area contributed by atoms with Crippen molar-refractivity contribution in [2.45, 2.75) is 13.0 Å². The molecule has 0 aromatic heterocycles. The number of nitrogens with one attached hydrogen (secondary N) is 1. The van der Waals surface area contributed by atoms with E-state index < -0.39 is 0 Å². The number of benzene rings is 2. The van der Waals surface area contributed by atoms with E-state index in [-0.39, 0.29) is 23.5 Å². The summed E-state index contributed by atoms with van der Waals surface area (Å²) < 4.78 is 10.7. The summed E-state index contributed by atoms with van der Waals surface area (Å²) in [6.45, 7) is 2.69. The highest BCUT2D eigenvalue weighted by molar-refractivity contribution is 5.91. The lowest BCUT2D eigenvalue weighted by molar-refractivity contribution is -0.117. The number of carbonyl (C=O) groups excluding carboxylic acids is 1. The Bertz CT molecular complexity index is 755. The van der Waals surface area contributed by atoms with Gasteiger partial charge < -0.3 is 25.0 Å². The Morgan fingerprint density at radius 1 is 1.19 bits per heavy atom. The zero-order chi connectivity index (χ0) is 18.9. The highest BCUT2D eigenvalue weighted by Gasteiger charge is 2.12. The van der Waals surface area contributed by atoms with Crippen LogP contribution in [0, 0.1) is 0 Å². The Morgan fingerprint density at radius 2 is 1.92 bits per heavy atom. The number of phenols is 2. The Balaban J connectivity index is 1.96. The number of hydrogen-bond donors (Lipinski definition) is 3. The van der Waals surface area contributed by atoms with Crippen molar-refractivity contribution in [3.05, 3.63) is 59.7 Å². The van der Waals surface area contributed by atoms with E-state index in [0.29, 0.717) is 18.9 Å². The molecule has 1 atom stereocenters. The molecule has 0 bridgehead atoms. The molecule has 2 aromatic rings. The van der Waals surface area contributed by atoms with Crippen molar-refractivity contribution >= 4 is 12.0 Å². The monoisotopic (exact) mass is 357 g/mol. The van der Waals surface area contributed by atoms with E-state index in [1.165, 1.54) is 19.3 Å². The second-order valence-corrected chi connectivity index (χ2v) is 5.55. The van der Waals surface area contributed by atoms with Crippen LogP contribution >= 0.6 is 0 Å². The van der Waals surface area contributed by atoms with E-state index in [4.69, 9.17) is 9.47 Å². The molecule has 1 amide bonds. The van der Waals surface area contributed by atoms with E-state index in [0.717, 1.165) is 11.1 Å². The van der Waals surface area contributed by atoms with E-state index in [2.05, 4.69) is 5.32 Å². The molecule has 26 heavy (non-hydrogen) atoms. The quantitative estimate of drug-likeness (QED) is 0.632. The molecule has 138 valence electrons. The Morgan fingerprint density at radius 3 is 2.58 bits per heavy atom. The summed E-state index contributed by atoms with van der Waals surface area (Å²) in [6.07, 6.45) is 2.74. The van der Waals surface area contributed by atoms with E-state index >= 15 is 0 Å². The van der Waals surface area contributed by atoms with Crippen molar-refractivity contribution in [3.8, 4) is 17.2 Å². The van der Waals surface area contributed by atoms with Crippen molar-refractivity contribution in [3.63, 3.8) is 0 Å². The third-order valence-corrected chi connectivity index (χ3v) is 3.73. The normalized spacial score (nSPS) is 12.1. The average molecular weight is 357 g/mol. The second-order valence-electron chi connectivity index (χ2n) is 5.55. The molecule has 0 heterocycles. The van der Waals surface area contributed by atoms with Gasteiger partial charge in [-0.2, -0.15) is 0 Å². The number of amides is 1. The topological polar surface area (TPSA) is 88.0 Å². The van der Waals surface area contributed by atoms with Gasteiger partial charge in [-0.15, -0.1) is 0 Å². The Hall–Kier alpha value is -2.99. The van der Waals surface area contributed by atoms with Gasteiger partial charge >= 0.3 is 0 Å². The van der Waals surface area contributed by atoms with Gasteiger partial charge in [0.2, 0.25) is 5.91 Å². The number of ether oxygens (including phenoxy) is 2. The lowest BCUT2D eigenvalue weighted by atomic mass is 10.1. The third kappa shape index (κ3) is 5.53. The highest BCUT2D eigenvalue weighted by atomic mass is 16.5. The first-order valence-corrected chi connectivity index (χ1v) is 8.27. The molecule has 0 saturated heterocycles. The number of phenolic OH excluding ortho intramolecular Hbond substituents is 2. The molecule has 6 nitrogen and oxygen atoms in total. The zero-order valence-electron chi connectivity index (χ0n) is 14.8. The fourth-order valence-corrected chi connectivity index (χ4v) is 2.39. The maximum Gasteiger partial charge on any atom is 0.244 e. The van der Waals surface area contributed by atoms with Crippen LogP contribution in [0.4, 0.5) is 0 Å². The van der Waals surface area contributed by atoms with Crippen molar-refractivity contribution in [1.29, 1.82) is 0 Å². The molecule has 0 aliphatic heterocycles. The SMILES string of the molecule is CCOC(CNC(=O)/C=C/c1ccc(O)c(OC)c1)c1ccc(O)cc1. The molecule has 0 aliphatic carbocycles. The van der Waals surface area contributed by atoms with Crippen LogP contribution in [-0.4, -0.2) is 36.4 Å². The first kappa shape index (κ1) is 19.3. The standard InChI is InChI=1S/C20H23NO5/c1-3-26-19(15-6-8-16(22)9-7-15)13-21-20(24)11-5-14-4-10-17(23)18(12-14)25-2/h4-12,19,22-23H,3,13H2,1-2H3,(H,21,24)/b11-5+. The number of hydrogen-bond acceptors (Lipinski definition) is 5. The van der Waals surface area contributed by atoms with Crippen molar-refractivity contribution < 1.29 is 24.5 Å². The largest absolute Gasteiger partial charge is 0.508 e. The molecular formula is C20H23NO5. The summed E-state index contributed by atoms with van der Waals surface area (Å²) in [5.41, 5.74) is 1.60. The van der Waals surface area contributed by atoms with Crippen LogP contribution in [-0.2, 0) is 9.53 Å².